The summed E-state index contributed by atoms with van der Waals surface area (Å²) in [7, 11) is 0. The maximum absolute atomic E-state index is 12.7. The zero-order chi connectivity index (χ0) is 23.9. The Labute approximate surface area is 190 Å². The van der Waals surface area contributed by atoms with Gasteiger partial charge in [0.2, 0.25) is 0 Å². The van der Waals surface area contributed by atoms with Gasteiger partial charge in [-0.2, -0.15) is 0 Å². The van der Waals surface area contributed by atoms with Crippen molar-refractivity contribution in [3.63, 3.8) is 0 Å². The average molecular weight is 450 g/mol. The highest BCUT2D eigenvalue weighted by atomic mass is 16.6. The molecule has 0 fully saturated rings. The van der Waals surface area contributed by atoms with Crippen molar-refractivity contribution in [2.45, 2.75) is 52.7 Å². The van der Waals surface area contributed by atoms with Crippen LogP contribution in [-0.4, -0.2) is 30.3 Å². The second-order valence-electron chi connectivity index (χ2n) is 8.81. The SMILES string of the molecule is CCOC(=O)c1cc(=O)oc2c3c(c4ccccc4c12)OC(C)(C)C(OC(=O)C=C(C)C)C3. The van der Waals surface area contributed by atoms with Gasteiger partial charge in [0.15, 0.2) is 0 Å². The number of carbonyl (C=O) groups is 2. The second kappa shape index (κ2) is 8.39. The fourth-order valence-electron chi connectivity index (χ4n) is 4.16. The number of ether oxygens (including phenoxy) is 3. The van der Waals surface area contributed by atoms with Crippen LogP contribution in [0.15, 0.2) is 51.2 Å². The van der Waals surface area contributed by atoms with Crippen LogP contribution in [0.2, 0.25) is 0 Å². The minimum Gasteiger partial charge on any atom is -0.483 e. The molecule has 1 atom stereocenters. The van der Waals surface area contributed by atoms with E-state index in [0.29, 0.717) is 22.1 Å². The smallest absolute Gasteiger partial charge is 0.339 e. The average Bonchev–Trinajstić information content (AvgIpc) is 2.73. The predicted octanol–water partition coefficient (Wildman–Crippen LogP) is 4.71. The van der Waals surface area contributed by atoms with Crippen molar-refractivity contribution < 1.29 is 28.2 Å². The van der Waals surface area contributed by atoms with Crippen LogP contribution in [0.25, 0.3) is 21.7 Å². The van der Waals surface area contributed by atoms with Gasteiger partial charge >= 0.3 is 17.6 Å². The fourth-order valence-corrected chi connectivity index (χ4v) is 4.16. The molecule has 4 rings (SSSR count). The van der Waals surface area contributed by atoms with E-state index in [0.717, 1.165) is 17.0 Å². The van der Waals surface area contributed by atoms with E-state index in [9.17, 15) is 14.4 Å². The number of rotatable bonds is 4. The first kappa shape index (κ1) is 22.6. The molecule has 1 unspecified atom stereocenters. The van der Waals surface area contributed by atoms with Crippen molar-refractivity contribution in [1.29, 1.82) is 0 Å². The molecule has 1 aliphatic heterocycles. The molecule has 7 nitrogen and oxygen atoms in total. The number of benzene rings is 2. The highest BCUT2D eigenvalue weighted by molar-refractivity contribution is 6.17. The molecule has 0 amide bonds. The largest absolute Gasteiger partial charge is 0.483 e. The molecule has 0 spiro atoms. The number of carbonyl (C=O) groups excluding carboxylic acids is 2. The predicted molar refractivity (Wildman–Crippen MR) is 124 cm³/mol. The van der Waals surface area contributed by atoms with Crippen molar-refractivity contribution in [3.8, 4) is 5.75 Å². The van der Waals surface area contributed by atoms with Crippen molar-refractivity contribution >= 4 is 33.7 Å². The molecule has 2 aromatic carbocycles. The molecule has 0 radical (unpaired) electrons. The maximum atomic E-state index is 12.7. The van der Waals surface area contributed by atoms with Gasteiger partial charge in [0.05, 0.1) is 12.2 Å². The number of hydrogen-bond acceptors (Lipinski definition) is 7. The van der Waals surface area contributed by atoms with E-state index in [1.54, 1.807) is 6.92 Å². The van der Waals surface area contributed by atoms with Crippen LogP contribution in [0, 0.1) is 0 Å². The lowest BCUT2D eigenvalue weighted by Gasteiger charge is -2.39. The molecule has 2 heterocycles. The van der Waals surface area contributed by atoms with Crippen LogP contribution in [0.3, 0.4) is 0 Å². The lowest BCUT2D eigenvalue weighted by Crippen LogP contribution is -2.48. The summed E-state index contributed by atoms with van der Waals surface area (Å²) in [6.07, 6.45) is 1.03. The quantitative estimate of drug-likeness (QED) is 0.246. The Morgan fingerprint density at radius 1 is 1.18 bits per heavy atom. The summed E-state index contributed by atoms with van der Waals surface area (Å²) < 4.78 is 22.9. The Balaban J connectivity index is 2.00. The van der Waals surface area contributed by atoms with Crippen LogP contribution in [-0.2, 0) is 20.7 Å². The number of hydrogen-bond donors (Lipinski definition) is 0. The zero-order valence-corrected chi connectivity index (χ0v) is 19.3. The summed E-state index contributed by atoms with van der Waals surface area (Å²) in [5, 5.41) is 1.94. The Kier molecular flexibility index (Phi) is 5.74. The second-order valence-corrected chi connectivity index (χ2v) is 8.81. The Morgan fingerprint density at radius 2 is 1.88 bits per heavy atom. The molecule has 1 aliphatic rings. The van der Waals surface area contributed by atoms with Crippen LogP contribution in [0.5, 0.6) is 5.75 Å². The van der Waals surface area contributed by atoms with Crippen molar-refractivity contribution in [1.82, 2.24) is 0 Å². The van der Waals surface area contributed by atoms with E-state index in [4.69, 9.17) is 18.6 Å². The highest BCUT2D eigenvalue weighted by Gasteiger charge is 2.42. The van der Waals surface area contributed by atoms with E-state index < -0.39 is 29.3 Å². The van der Waals surface area contributed by atoms with Crippen LogP contribution in [0.1, 0.15) is 50.5 Å². The summed E-state index contributed by atoms with van der Waals surface area (Å²) in [6, 6.07) is 8.59. The Bertz CT molecular complexity index is 1360. The molecule has 172 valence electrons. The minimum atomic E-state index is -0.840. The third kappa shape index (κ3) is 4.11. The van der Waals surface area contributed by atoms with Crippen molar-refractivity contribution in [3.05, 3.63) is 63.5 Å². The van der Waals surface area contributed by atoms with E-state index >= 15 is 0 Å². The number of allylic oxidation sites excluding steroid dienone is 1. The van der Waals surface area contributed by atoms with E-state index in [2.05, 4.69) is 0 Å². The van der Waals surface area contributed by atoms with Gasteiger partial charge in [0, 0.05) is 34.9 Å². The topological polar surface area (TPSA) is 92.0 Å². The van der Waals surface area contributed by atoms with Crippen molar-refractivity contribution in [2.24, 2.45) is 0 Å². The van der Waals surface area contributed by atoms with E-state index in [1.807, 2.05) is 52.0 Å². The normalized spacial score (nSPS) is 16.6. The minimum absolute atomic E-state index is 0.130. The Morgan fingerprint density at radius 3 is 2.55 bits per heavy atom. The lowest BCUT2D eigenvalue weighted by atomic mass is 9.87. The van der Waals surface area contributed by atoms with Crippen LogP contribution >= 0.6 is 0 Å². The fraction of sp³-hybridized carbons (Fsp3) is 0.346. The summed E-state index contributed by atoms with van der Waals surface area (Å²) >= 11 is 0. The monoisotopic (exact) mass is 450 g/mol. The van der Waals surface area contributed by atoms with Crippen LogP contribution in [0.4, 0.5) is 0 Å². The third-order valence-corrected chi connectivity index (χ3v) is 5.64. The first-order chi connectivity index (χ1) is 15.6. The maximum Gasteiger partial charge on any atom is 0.339 e. The molecule has 3 aromatic rings. The molecular formula is C26H26O7. The number of esters is 2. The first-order valence-corrected chi connectivity index (χ1v) is 10.9. The number of fused-ring (bicyclic) bond motifs is 6. The van der Waals surface area contributed by atoms with E-state index in [-0.39, 0.29) is 24.2 Å². The van der Waals surface area contributed by atoms with Gasteiger partial charge in [-0.15, -0.1) is 0 Å². The zero-order valence-electron chi connectivity index (χ0n) is 19.3. The molecular weight excluding hydrogens is 424 g/mol. The molecule has 0 bridgehead atoms. The van der Waals surface area contributed by atoms with Crippen molar-refractivity contribution in [2.75, 3.05) is 6.61 Å². The van der Waals surface area contributed by atoms with Gasteiger partial charge in [-0.25, -0.2) is 14.4 Å². The highest BCUT2D eigenvalue weighted by Crippen LogP contribution is 2.45. The lowest BCUT2D eigenvalue weighted by molar-refractivity contribution is -0.155. The van der Waals surface area contributed by atoms with Gasteiger partial charge in [-0.1, -0.05) is 29.8 Å². The molecule has 0 N–H and O–H groups in total. The van der Waals surface area contributed by atoms with E-state index in [1.165, 1.54) is 6.08 Å². The van der Waals surface area contributed by atoms with Gasteiger partial charge in [-0.05, 0) is 40.0 Å². The molecule has 7 heteroatoms. The molecule has 0 saturated carbocycles. The standard InChI is InChI=1S/C26H26O7/c1-6-30-25(29)17-13-21(28)32-24-18-12-19(31-20(27)11-14(2)3)26(4,5)33-23(18)16-10-8-7-9-15(16)22(17)24/h7-11,13,19H,6,12H2,1-5H3. The van der Waals surface area contributed by atoms with Crippen LogP contribution < -0.4 is 10.4 Å². The summed E-state index contributed by atoms with van der Waals surface area (Å²) in [5.41, 5.74) is 0.236. The summed E-state index contributed by atoms with van der Waals surface area (Å²) in [5.74, 6) is -0.537. The van der Waals surface area contributed by atoms with Gasteiger partial charge in [-0.3, -0.25) is 0 Å². The molecule has 0 aliphatic carbocycles. The first-order valence-electron chi connectivity index (χ1n) is 10.9. The summed E-state index contributed by atoms with van der Waals surface area (Å²) in [6.45, 7) is 9.19. The molecule has 33 heavy (non-hydrogen) atoms. The van der Waals surface area contributed by atoms with Gasteiger partial charge in [0.25, 0.3) is 0 Å². The van der Waals surface area contributed by atoms with Gasteiger partial charge < -0.3 is 18.6 Å². The summed E-state index contributed by atoms with van der Waals surface area (Å²) in [4.78, 5) is 37.5. The third-order valence-electron chi connectivity index (χ3n) is 5.64. The molecule has 1 aromatic heterocycles. The molecule has 0 saturated heterocycles. The van der Waals surface area contributed by atoms with Gasteiger partial charge in [0.1, 0.15) is 23.0 Å². The Hall–Kier alpha value is -3.61.